The van der Waals surface area contributed by atoms with Crippen LogP contribution in [0.3, 0.4) is 0 Å². The molecule has 9 nitrogen and oxygen atoms in total. The van der Waals surface area contributed by atoms with E-state index in [-0.39, 0.29) is 36.4 Å². The predicted octanol–water partition coefficient (Wildman–Crippen LogP) is 3.21. The molecule has 4 rings (SSSR count). The van der Waals surface area contributed by atoms with Crippen molar-refractivity contribution in [2.45, 2.75) is 82.4 Å². The minimum atomic E-state index is -0.874. The summed E-state index contributed by atoms with van der Waals surface area (Å²) in [6.45, 7) is 1.89. The van der Waals surface area contributed by atoms with Crippen LogP contribution in [-0.2, 0) is 11.2 Å². The van der Waals surface area contributed by atoms with Crippen LogP contribution in [0, 0.1) is 6.92 Å². The second kappa shape index (κ2) is 9.68. The number of nitrogens with one attached hydrogen (secondary N) is 2. The highest BCUT2D eigenvalue weighted by atomic mass is 16.4. The molecule has 2 heterocycles. The number of aromatic nitrogens is 3. The first-order valence-corrected chi connectivity index (χ1v) is 11.3. The summed E-state index contributed by atoms with van der Waals surface area (Å²) in [7, 11) is 0. The molecule has 0 bridgehead atoms. The summed E-state index contributed by atoms with van der Waals surface area (Å²) in [5.41, 5.74) is 2.69. The van der Waals surface area contributed by atoms with E-state index in [1.807, 2.05) is 25.1 Å². The third kappa shape index (κ3) is 5.27. The molecule has 0 saturated heterocycles. The molecule has 0 aliphatic heterocycles. The standard InChI is InChI=1S/C23H31N5O4/c1-14-10-15(8-9-24-14)11-22(30)25-21-13-20(26-27-21)16-2-3-18(12-16)28(23(31)32)17-4-6-19(29)7-5-17/h8-10,13,16-19,29H,2-7,11-12H2,1H3,(H,31,32)(H2,25,26,27,30)/t16-,17-,18+,19-/m1/s1. The molecule has 4 N–H and O–H groups in total. The highest BCUT2D eigenvalue weighted by Crippen LogP contribution is 2.39. The van der Waals surface area contributed by atoms with Gasteiger partial charge in [-0.1, -0.05) is 0 Å². The second-order valence-corrected chi connectivity index (χ2v) is 9.05. The Hall–Kier alpha value is -2.94. The fraction of sp³-hybridized carbons (Fsp3) is 0.565. The number of hydrogen-bond acceptors (Lipinski definition) is 5. The average molecular weight is 442 g/mol. The zero-order valence-electron chi connectivity index (χ0n) is 18.3. The molecule has 32 heavy (non-hydrogen) atoms. The first-order chi connectivity index (χ1) is 15.4. The van der Waals surface area contributed by atoms with Crippen LogP contribution in [0.4, 0.5) is 10.6 Å². The van der Waals surface area contributed by atoms with Crippen LogP contribution in [-0.4, -0.2) is 60.5 Å². The number of pyridine rings is 1. The number of carbonyl (C=O) groups excluding carboxylic acids is 1. The number of rotatable bonds is 6. The van der Waals surface area contributed by atoms with Gasteiger partial charge < -0.3 is 20.4 Å². The lowest BCUT2D eigenvalue weighted by atomic mass is 9.91. The van der Waals surface area contributed by atoms with Gasteiger partial charge in [-0.2, -0.15) is 5.10 Å². The number of hydrogen-bond donors (Lipinski definition) is 4. The Morgan fingerprint density at radius 2 is 1.91 bits per heavy atom. The third-order valence-corrected chi connectivity index (χ3v) is 6.71. The van der Waals surface area contributed by atoms with Crippen LogP contribution >= 0.6 is 0 Å². The van der Waals surface area contributed by atoms with Gasteiger partial charge in [-0.05, 0) is 69.6 Å². The monoisotopic (exact) mass is 441 g/mol. The molecule has 0 aromatic carbocycles. The molecule has 2 aliphatic rings. The van der Waals surface area contributed by atoms with Crippen molar-refractivity contribution >= 4 is 17.8 Å². The number of aromatic amines is 1. The molecule has 172 valence electrons. The van der Waals surface area contributed by atoms with Crippen LogP contribution in [0.2, 0.25) is 0 Å². The summed E-state index contributed by atoms with van der Waals surface area (Å²) < 4.78 is 0. The van der Waals surface area contributed by atoms with E-state index in [9.17, 15) is 19.8 Å². The molecular formula is C23H31N5O4. The molecule has 0 unspecified atom stereocenters. The van der Waals surface area contributed by atoms with E-state index < -0.39 is 6.09 Å². The molecule has 2 aromatic heterocycles. The van der Waals surface area contributed by atoms with Gasteiger partial charge in [0.05, 0.1) is 12.5 Å². The summed E-state index contributed by atoms with van der Waals surface area (Å²) in [5.74, 6) is 0.516. The van der Waals surface area contributed by atoms with Gasteiger partial charge in [-0.15, -0.1) is 0 Å². The zero-order chi connectivity index (χ0) is 22.7. The fourth-order valence-corrected chi connectivity index (χ4v) is 5.14. The number of aliphatic hydroxyl groups is 1. The Morgan fingerprint density at radius 1 is 1.16 bits per heavy atom. The Balaban J connectivity index is 1.34. The Bertz CT molecular complexity index is 953. The van der Waals surface area contributed by atoms with Crippen molar-refractivity contribution < 1.29 is 19.8 Å². The number of carboxylic acid groups (broad SMARTS) is 1. The molecule has 2 aliphatic carbocycles. The van der Waals surface area contributed by atoms with E-state index in [0.717, 1.165) is 36.2 Å². The molecule has 2 amide bonds. The van der Waals surface area contributed by atoms with Gasteiger partial charge in [-0.3, -0.25) is 14.9 Å². The van der Waals surface area contributed by atoms with E-state index in [1.165, 1.54) is 0 Å². The Labute approximate surface area is 187 Å². The van der Waals surface area contributed by atoms with Crippen LogP contribution < -0.4 is 5.32 Å². The van der Waals surface area contributed by atoms with Crippen molar-refractivity contribution in [3.63, 3.8) is 0 Å². The number of anilines is 1. The number of amides is 2. The fourth-order valence-electron chi connectivity index (χ4n) is 5.14. The normalized spacial score (nSPS) is 25.4. The van der Waals surface area contributed by atoms with Gasteiger partial charge in [0, 0.05) is 41.7 Å². The van der Waals surface area contributed by atoms with E-state index in [0.29, 0.717) is 31.5 Å². The van der Waals surface area contributed by atoms with Gasteiger partial charge >= 0.3 is 6.09 Å². The van der Waals surface area contributed by atoms with Crippen molar-refractivity contribution in [3.05, 3.63) is 41.3 Å². The van der Waals surface area contributed by atoms with Crippen LogP contribution in [0.5, 0.6) is 0 Å². The van der Waals surface area contributed by atoms with E-state index in [4.69, 9.17) is 0 Å². The van der Waals surface area contributed by atoms with Gasteiger partial charge in [0.2, 0.25) is 5.91 Å². The number of aryl methyl sites for hydroxylation is 1. The van der Waals surface area contributed by atoms with Crippen LogP contribution in [0.25, 0.3) is 0 Å². The summed E-state index contributed by atoms with van der Waals surface area (Å²) in [6.07, 6.45) is 5.92. The number of nitrogens with zero attached hydrogens (tertiary/aromatic N) is 3. The SMILES string of the molecule is Cc1cc(CC(=O)Nc2cc([C@@H]3CC[C@H](N(C(=O)O)[C@H]4CC[C@H](O)CC4)C3)[nH]n2)ccn1. The lowest BCUT2D eigenvalue weighted by Gasteiger charge is -2.37. The molecule has 0 spiro atoms. The highest BCUT2D eigenvalue weighted by molar-refractivity contribution is 5.91. The first-order valence-electron chi connectivity index (χ1n) is 11.3. The third-order valence-electron chi connectivity index (χ3n) is 6.71. The first kappa shape index (κ1) is 22.3. The van der Waals surface area contributed by atoms with Crippen molar-refractivity contribution in [2.75, 3.05) is 5.32 Å². The summed E-state index contributed by atoms with van der Waals surface area (Å²) in [6, 6.07) is 5.50. The van der Waals surface area contributed by atoms with E-state index >= 15 is 0 Å². The van der Waals surface area contributed by atoms with Gasteiger partial charge in [0.1, 0.15) is 0 Å². The molecule has 2 atom stereocenters. The Kier molecular flexibility index (Phi) is 6.74. The second-order valence-electron chi connectivity index (χ2n) is 9.05. The predicted molar refractivity (Wildman–Crippen MR) is 118 cm³/mol. The molecule has 2 aromatic rings. The van der Waals surface area contributed by atoms with Crippen LogP contribution in [0.1, 0.15) is 67.8 Å². The quantitative estimate of drug-likeness (QED) is 0.544. The smallest absolute Gasteiger partial charge is 0.407 e. The maximum absolute atomic E-state index is 12.4. The van der Waals surface area contributed by atoms with Crippen LogP contribution in [0.15, 0.2) is 24.4 Å². The summed E-state index contributed by atoms with van der Waals surface area (Å²) in [5, 5.41) is 29.7. The number of H-pyrrole nitrogens is 1. The lowest BCUT2D eigenvalue weighted by molar-refractivity contribution is -0.115. The summed E-state index contributed by atoms with van der Waals surface area (Å²) >= 11 is 0. The van der Waals surface area contributed by atoms with E-state index in [1.54, 1.807) is 11.1 Å². The maximum Gasteiger partial charge on any atom is 0.407 e. The van der Waals surface area contributed by atoms with E-state index in [2.05, 4.69) is 20.5 Å². The maximum atomic E-state index is 12.4. The van der Waals surface area contributed by atoms with Gasteiger partial charge in [0.25, 0.3) is 0 Å². The summed E-state index contributed by atoms with van der Waals surface area (Å²) in [4.78, 5) is 30.1. The van der Waals surface area contributed by atoms with Gasteiger partial charge in [0.15, 0.2) is 5.82 Å². The van der Waals surface area contributed by atoms with Crippen molar-refractivity contribution in [3.8, 4) is 0 Å². The van der Waals surface area contributed by atoms with Crippen molar-refractivity contribution in [1.29, 1.82) is 0 Å². The molecule has 2 fully saturated rings. The molecular weight excluding hydrogens is 410 g/mol. The zero-order valence-corrected chi connectivity index (χ0v) is 18.3. The highest BCUT2D eigenvalue weighted by Gasteiger charge is 2.38. The lowest BCUT2D eigenvalue weighted by Crippen LogP contribution is -2.47. The molecule has 9 heteroatoms. The topological polar surface area (TPSA) is 131 Å². The average Bonchev–Trinajstić information content (AvgIpc) is 3.39. The van der Waals surface area contributed by atoms with Crippen molar-refractivity contribution in [2.24, 2.45) is 0 Å². The largest absolute Gasteiger partial charge is 0.465 e. The number of carbonyl (C=O) groups is 2. The van der Waals surface area contributed by atoms with Crippen molar-refractivity contribution in [1.82, 2.24) is 20.1 Å². The minimum Gasteiger partial charge on any atom is -0.465 e. The Morgan fingerprint density at radius 3 is 2.62 bits per heavy atom. The van der Waals surface area contributed by atoms with Gasteiger partial charge in [-0.25, -0.2) is 4.79 Å². The molecule has 0 radical (unpaired) electrons. The number of aliphatic hydroxyl groups excluding tert-OH is 1. The minimum absolute atomic E-state index is 0.0203. The molecule has 2 saturated carbocycles.